The second kappa shape index (κ2) is 7.93. The molecule has 6 heteroatoms. The third-order valence-corrected chi connectivity index (χ3v) is 4.11. The standard InChI is InChI=1S/C14H24ClN3OS/c1-5-6-10(7-8-15)9-16-13(19)11-12(14(2,3)4)17-18-20-11/h10H,5-9H2,1-4H3,(H,16,19). The van der Waals surface area contributed by atoms with Gasteiger partial charge >= 0.3 is 0 Å². The van der Waals surface area contributed by atoms with E-state index in [4.69, 9.17) is 11.6 Å². The maximum atomic E-state index is 12.3. The summed E-state index contributed by atoms with van der Waals surface area (Å²) >= 11 is 6.96. The topological polar surface area (TPSA) is 54.9 Å². The van der Waals surface area contributed by atoms with E-state index in [0.717, 1.165) is 36.5 Å². The van der Waals surface area contributed by atoms with Crippen molar-refractivity contribution >= 4 is 29.0 Å². The number of halogens is 1. The van der Waals surface area contributed by atoms with E-state index in [2.05, 4.69) is 21.8 Å². The molecular weight excluding hydrogens is 294 g/mol. The van der Waals surface area contributed by atoms with Crippen molar-refractivity contribution in [2.45, 2.75) is 52.4 Å². The fourth-order valence-corrected chi connectivity index (χ4v) is 3.16. The molecule has 0 radical (unpaired) electrons. The molecule has 1 amide bonds. The van der Waals surface area contributed by atoms with Crippen LogP contribution in [-0.4, -0.2) is 27.9 Å². The summed E-state index contributed by atoms with van der Waals surface area (Å²) in [6, 6.07) is 0. The summed E-state index contributed by atoms with van der Waals surface area (Å²) in [6.45, 7) is 8.92. The summed E-state index contributed by atoms with van der Waals surface area (Å²) in [5.41, 5.74) is 0.600. The van der Waals surface area contributed by atoms with Crippen LogP contribution in [0.5, 0.6) is 0 Å². The van der Waals surface area contributed by atoms with E-state index in [9.17, 15) is 4.79 Å². The van der Waals surface area contributed by atoms with E-state index >= 15 is 0 Å². The Morgan fingerprint density at radius 2 is 2.10 bits per heavy atom. The van der Waals surface area contributed by atoms with Crippen molar-refractivity contribution in [2.24, 2.45) is 5.92 Å². The van der Waals surface area contributed by atoms with Crippen molar-refractivity contribution in [3.8, 4) is 0 Å². The number of carbonyl (C=O) groups excluding carboxylic acids is 1. The van der Waals surface area contributed by atoms with Crippen LogP contribution in [0.4, 0.5) is 0 Å². The number of nitrogens with one attached hydrogen (secondary N) is 1. The molecule has 0 fully saturated rings. The Balaban J connectivity index is 2.65. The number of aromatic nitrogens is 2. The first-order valence-electron chi connectivity index (χ1n) is 7.07. The molecule has 20 heavy (non-hydrogen) atoms. The number of nitrogens with zero attached hydrogens (tertiary/aromatic N) is 2. The Morgan fingerprint density at radius 1 is 1.40 bits per heavy atom. The van der Waals surface area contributed by atoms with Gasteiger partial charge in [0, 0.05) is 17.8 Å². The van der Waals surface area contributed by atoms with Gasteiger partial charge in [-0.1, -0.05) is 38.6 Å². The van der Waals surface area contributed by atoms with Crippen molar-refractivity contribution in [1.82, 2.24) is 14.9 Å². The van der Waals surface area contributed by atoms with Gasteiger partial charge in [-0.3, -0.25) is 4.79 Å². The summed E-state index contributed by atoms with van der Waals surface area (Å²) in [4.78, 5) is 12.9. The van der Waals surface area contributed by atoms with E-state index < -0.39 is 0 Å². The van der Waals surface area contributed by atoms with Gasteiger partial charge in [0.2, 0.25) is 0 Å². The van der Waals surface area contributed by atoms with E-state index in [1.165, 1.54) is 0 Å². The maximum Gasteiger partial charge on any atom is 0.264 e. The van der Waals surface area contributed by atoms with Gasteiger partial charge in [0.1, 0.15) is 4.88 Å². The summed E-state index contributed by atoms with van der Waals surface area (Å²) in [5.74, 6) is 1.01. The molecule has 4 nitrogen and oxygen atoms in total. The highest BCUT2D eigenvalue weighted by atomic mass is 35.5. The minimum absolute atomic E-state index is 0.0689. The van der Waals surface area contributed by atoms with Gasteiger partial charge in [0.15, 0.2) is 0 Å². The van der Waals surface area contributed by atoms with Gasteiger partial charge in [-0.15, -0.1) is 16.7 Å². The quantitative estimate of drug-likeness (QED) is 0.782. The number of carbonyl (C=O) groups is 1. The zero-order valence-electron chi connectivity index (χ0n) is 12.7. The second-order valence-corrected chi connectivity index (χ2v) is 7.18. The fraction of sp³-hybridized carbons (Fsp3) is 0.786. The molecule has 0 aliphatic carbocycles. The minimum Gasteiger partial charge on any atom is -0.351 e. The molecule has 0 aliphatic heterocycles. The Morgan fingerprint density at radius 3 is 2.65 bits per heavy atom. The van der Waals surface area contributed by atoms with Crippen LogP contribution in [0, 0.1) is 5.92 Å². The lowest BCUT2D eigenvalue weighted by molar-refractivity contribution is 0.0947. The molecule has 0 spiro atoms. The number of rotatable bonds is 7. The first-order valence-corrected chi connectivity index (χ1v) is 8.38. The van der Waals surface area contributed by atoms with Crippen molar-refractivity contribution in [3.63, 3.8) is 0 Å². The maximum absolute atomic E-state index is 12.3. The lowest BCUT2D eigenvalue weighted by atomic mass is 9.91. The monoisotopic (exact) mass is 317 g/mol. The molecule has 0 saturated heterocycles. The predicted octanol–water partition coefficient (Wildman–Crippen LogP) is 3.61. The smallest absolute Gasteiger partial charge is 0.264 e. The van der Waals surface area contributed by atoms with E-state index in [-0.39, 0.29) is 11.3 Å². The average Bonchev–Trinajstić information content (AvgIpc) is 2.85. The van der Waals surface area contributed by atoms with Crippen LogP contribution >= 0.6 is 23.1 Å². The summed E-state index contributed by atoms with van der Waals surface area (Å²) in [7, 11) is 0. The van der Waals surface area contributed by atoms with Crippen molar-refractivity contribution in [2.75, 3.05) is 12.4 Å². The molecule has 0 aromatic carbocycles. The molecule has 1 atom stereocenters. The molecule has 0 saturated carbocycles. The average molecular weight is 318 g/mol. The third-order valence-electron chi connectivity index (χ3n) is 3.17. The fourth-order valence-electron chi connectivity index (χ4n) is 2.06. The van der Waals surface area contributed by atoms with E-state index in [1.54, 1.807) is 0 Å². The zero-order chi connectivity index (χ0) is 15.2. The zero-order valence-corrected chi connectivity index (χ0v) is 14.3. The minimum atomic E-state index is -0.168. The van der Waals surface area contributed by atoms with Crippen LogP contribution < -0.4 is 5.32 Å². The van der Waals surface area contributed by atoms with E-state index in [0.29, 0.717) is 23.2 Å². The molecule has 1 unspecified atom stereocenters. The highest BCUT2D eigenvalue weighted by molar-refractivity contribution is 7.08. The Bertz CT molecular complexity index is 422. The van der Waals surface area contributed by atoms with E-state index in [1.807, 2.05) is 20.8 Å². The Hall–Kier alpha value is -0.680. The number of hydrogen-bond acceptors (Lipinski definition) is 4. The molecule has 1 N–H and O–H groups in total. The first-order chi connectivity index (χ1) is 9.40. The molecule has 1 rings (SSSR count). The van der Waals surface area contributed by atoms with Crippen LogP contribution in [0.3, 0.4) is 0 Å². The van der Waals surface area contributed by atoms with Crippen molar-refractivity contribution < 1.29 is 4.79 Å². The van der Waals surface area contributed by atoms with Gasteiger partial charge in [0.05, 0.1) is 5.69 Å². The van der Waals surface area contributed by atoms with Crippen LogP contribution in [0.25, 0.3) is 0 Å². The third kappa shape index (κ3) is 5.02. The van der Waals surface area contributed by atoms with Gasteiger partial charge in [-0.2, -0.15) is 0 Å². The summed E-state index contributed by atoms with van der Waals surface area (Å²) < 4.78 is 3.92. The lowest BCUT2D eigenvalue weighted by Crippen LogP contribution is -2.31. The van der Waals surface area contributed by atoms with Gasteiger partial charge in [0.25, 0.3) is 5.91 Å². The molecule has 0 bridgehead atoms. The Kier molecular flexibility index (Phi) is 6.89. The number of hydrogen-bond donors (Lipinski definition) is 1. The van der Waals surface area contributed by atoms with Crippen LogP contribution in [0.1, 0.15) is 62.3 Å². The normalized spacial score (nSPS) is 13.2. The summed E-state index contributed by atoms with van der Waals surface area (Å²) in [6.07, 6.45) is 3.12. The van der Waals surface area contributed by atoms with Crippen LogP contribution in [-0.2, 0) is 5.41 Å². The highest BCUT2D eigenvalue weighted by Gasteiger charge is 2.26. The number of alkyl halides is 1. The molecule has 1 aromatic rings. The van der Waals surface area contributed by atoms with Gasteiger partial charge in [-0.25, -0.2) is 0 Å². The largest absolute Gasteiger partial charge is 0.351 e. The van der Waals surface area contributed by atoms with Crippen molar-refractivity contribution in [3.05, 3.63) is 10.6 Å². The SMILES string of the molecule is CCCC(CCCl)CNC(=O)c1snnc1C(C)(C)C. The summed E-state index contributed by atoms with van der Waals surface area (Å²) in [5, 5.41) is 7.09. The lowest BCUT2D eigenvalue weighted by Gasteiger charge is -2.18. The molecular formula is C14H24ClN3OS. The van der Waals surface area contributed by atoms with Gasteiger partial charge < -0.3 is 5.32 Å². The second-order valence-electron chi connectivity index (χ2n) is 6.04. The van der Waals surface area contributed by atoms with Crippen molar-refractivity contribution in [1.29, 1.82) is 0 Å². The molecule has 1 aromatic heterocycles. The molecule has 114 valence electrons. The number of amides is 1. The highest BCUT2D eigenvalue weighted by Crippen LogP contribution is 2.25. The molecule has 0 aliphatic rings. The predicted molar refractivity (Wildman–Crippen MR) is 84.7 cm³/mol. The first kappa shape index (κ1) is 17.4. The molecule has 1 heterocycles. The van der Waals surface area contributed by atoms with Crippen LogP contribution in [0.2, 0.25) is 0 Å². The van der Waals surface area contributed by atoms with Gasteiger partial charge in [-0.05, 0) is 30.3 Å². The van der Waals surface area contributed by atoms with Crippen LogP contribution in [0.15, 0.2) is 0 Å². The Labute approximate surface area is 130 Å².